The smallest absolute Gasteiger partial charge is 0.338 e. The Morgan fingerprint density at radius 3 is 2.37 bits per heavy atom. The molecule has 2 aromatic rings. The highest BCUT2D eigenvalue weighted by atomic mass is 28.4. The zero-order valence-corrected chi connectivity index (χ0v) is 20.6. The summed E-state index contributed by atoms with van der Waals surface area (Å²) in [4.78, 5) is 12.0. The van der Waals surface area contributed by atoms with Crippen LogP contribution in [-0.2, 0) is 22.2 Å². The summed E-state index contributed by atoms with van der Waals surface area (Å²) in [5.74, 6) is 0.290. The molecule has 0 aromatic heterocycles. The second-order valence-corrected chi connectivity index (χ2v) is 14.8. The Morgan fingerprint density at radius 1 is 1.10 bits per heavy atom. The number of carbonyl (C=O) groups excluding carboxylic acids is 1. The van der Waals surface area contributed by atoms with Crippen LogP contribution in [0.15, 0.2) is 36.4 Å². The van der Waals surface area contributed by atoms with Crippen LogP contribution >= 0.6 is 0 Å². The SMILES string of the molecule is CCOC(=O)c1ccc(-c2ccc(CO[Si](C)(C)C(C)(C)C)c3c2CCC3C)cc1. The summed E-state index contributed by atoms with van der Waals surface area (Å²) in [7, 11) is -1.79. The number of rotatable bonds is 6. The Balaban J connectivity index is 1.90. The highest BCUT2D eigenvalue weighted by Crippen LogP contribution is 2.42. The van der Waals surface area contributed by atoms with Crippen LogP contribution < -0.4 is 0 Å². The number of hydrogen-bond acceptors (Lipinski definition) is 3. The highest BCUT2D eigenvalue weighted by molar-refractivity contribution is 6.74. The molecule has 0 bridgehead atoms. The summed E-state index contributed by atoms with van der Waals surface area (Å²) >= 11 is 0. The molecule has 1 atom stereocenters. The minimum absolute atomic E-state index is 0.211. The number of hydrogen-bond donors (Lipinski definition) is 0. The van der Waals surface area contributed by atoms with Gasteiger partial charge >= 0.3 is 5.97 Å². The molecule has 1 aliphatic carbocycles. The van der Waals surface area contributed by atoms with Gasteiger partial charge in [-0.25, -0.2) is 4.79 Å². The summed E-state index contributed by atoms with van der Waals surface area (Å²) in [6.07, 6.45) is 2.28. The molecule has 30 heavy (non-hydrogen) atoms. The lowest BCUT2D eigenvalue weighted by molar-refractivity contribution is 0.0526. The summed E-state index contributed by atoms with van der Waals surface area (Å²) < 4.78 is 11.7. The van der Waals surface area contributed by atoms with Gasteiger partial charge in [0.1, 0.15) is 0 Å². The fourth-order valence-electron chi connectivity index (χ4n) is 3.97. The van der Waals surface area contributed by atoms with E-state index in [4.69, 9.17) is 9.16 Å². The summed E-state index contributed by atoms with van der Waals surface area (Å²) in [6, 6.07) is 12.3. The number of ether oxygens (including phenoxy) is 1. The van der Waals surface area contributed by atoms with E-state index in [1.165, 1.54) is 28.7 Å². The number of fused-ring (bicyclic) bond motifs is 1. The van der Waals surface area contributed by atoms with Gasteiger partial charge in [-0.2, -0.15) is 0 Å². The lowest BCUT2D eigenvalue weighted by atomic mass is 9.91. The first-order chi connectivity index (χ1) is 14.0. The van der Waals surface area contributed by atoms with Crippen molar-refractivity contribution in [2.75, 3.05) is 6.61 Å². The normalized spacial score (nSPS) is 16.4. The predicted octanol–water partition coefficient (Wildman–Crippen LogP) is 7.10. The molecule has 2 aromatic carbocycles. The average molecular weight is 425 g/mol. The van der Waals surface area contributed by atoms with Crippen LogP contribution in [0, 0.1) is 0 Å². The first-order valence-electron chi connectivity index (χ1n) is 11.1. The third-order valence-corrected chi connectivity index (χ3v) is 11.3. The van der Waals surface area contributed by atoms with E-state index in [0.29, 0.717) is 24.7 Å². The van der Waals surface area contributed by atoms with Gasteiger partial charge in [0.2, 0.25) is 0 Å². The molecule has 0 spiro atoms. The lowest BCUT2D eigenvalue weighted by Gasteiger charge is -2.36. The Bertz CT molecular complexity index is 907. The maximum Gasteiger partial charge on any atom is 0.338 e. The molecular formula is C26H36O3Si. The molecule has 0 heterocycles. The zero-order chi connectivity index (χ0) is 22.1. The summed E-state index contributed by atoms with van der Waals surface area (Å²) in [5, 5.41) is 0.211. The second kappa shape index (κ2) is 8.68. The van der Waals surface area contributed by atoms with E-state index in [1.54, 1.807) is 0 Å². The van der Waals surface area contributed by atoms with Gasteiger partial charge < -0.3 is 9.16 Å². The summed E-state index contributed by atoms with van der Waals surface area (Å²) in [5.41, 5.74) is 7.30. The van der Waals surface area contributed by atoms with Crippen molar-refractivity contribution in [1.29, 1.82) is 0 Å². The molecule has 4 heteroatoms. The molecule has 0 aliphatic heterocycles. The Labute approximate surface area is 182 Å². The van der Waals surface area contributed by atoms with E-state index in [0.717, 1.165) is 12.0 Å². The van der Waals surface area contributed by atoms with E-state index >= 15 is 0 Å². The molecule has 0 amide bonds. The van der Waals surface area contributed by atoms with Crippen molar-refractivity contribution in [2.45, 2.75) is 78.1 Å². The fraction of sp³-hybridized carbons (Fsp3) is 0.500. The van der Waals surface area contributed by atoms with Gasteiger partial charge in [-0.3, -0.25) is 0 Å². The molecule has 162 valence electrons. The van der Waals surface area contributed by atoms with E-state index in [1.807, 2.05) is 31.2 Å². The molecule has 0 radical (unpaired) electrons. The number of carbonyl (C=O) groups is 1. The molecule has 3 rings (SSSR count). The van der Waals surface area contributed by atoms with Crippen LogP contribution in [0.3, 0.4) is 0 Å². The minimum atomic E-state index is -1.79. The van der Waals surface area contributed by atoms with Crippen LogP contribution in [-0.4, -0.2) is 20.9 Å². The summed E-state index contributed by atoms with van der Waals surface area (Å²) in [6.45, 7) is 16.7. The van der Waals surface area contributed by atoms with Crippen molar-refractivity contribution >= 4 is 14.3 Å². The Morgan fingerprint density at radius 2 is 1.77 bits per heavy atom. The zero-order valence-electron chi connectivity index (χ0n) is 19.6. The molecule has 0 fully saturated rings. The minimum Gasteiger partial charge on any atom is -0.462 e. The monoisotopic (exact) mass is 424 g/mol. The Kier molecular flexibility index (Phi) is 6.59. The van der Waals surface area contributed by atoms with E-state index < -0.39 is 8.32 Å². The van der Waals surface area contributed by atoms with Gasteiger partial charge in [-0.1, -0.05) is 52.0 Å². The van der Waals surface area contributed by atoms with Crippen LogP contribution in [0.25, 0.3) is 11.1 Å². The Hall–Kier alpha value is -1.91. The van der Waals surface area contributed by atoms with Gasteiger partial charge in [-0.05, 0) is 83.8 Å². The van der Waals surface area contributed by atoms with E-state index in [9.17, 15) is 4.79 Å². The topological polar surface area (TPSA) is 35.5 Å². The fourth-order valence-corrected chi connectivity index (χ4v) is 4.92. The van der Waals surface area contributed by atoms with Gasteiger partial charge in [0.25, 0.3) is 0 Å². The molecular weight excluding hydrogens is 388 g/mol. The predicted molar refractivity (Wildman–Crippen MR) is 127 cm³/mol. The van der Waals surface area contributed by atoms with Crippen molar-refractivity contribution in [3.05, 3.63) is 58.7 Å². The first kappa shape index (κ1) is 22.8. The second-order valence-electron chi connectivity index (χ2n) is 9.95. The van der Waals surface area contributed by atoms with Crippen molar-refractivity contribution in [3.8, 4) is 11.1 Å². The van der Waals surface area contributed by atoms with Crippen molar-refractivity contribution in [1.82, 2.24) is 0 Å². The van der Waals surface area contributed by atoms with Gasteiger partial charge in [0.15, 0.2) is 8.32 Å². The quantitative estimate of drug-likeness (QED) is 0.366. The van der Waals surface area contributed by atoms with Gasteiger partial charge in [0.05, 0.1) is 18.8 Å². The highest BCUT2D eigenvalue weighted by Gasteiger charge is 2.37. The van der Waals surface area contributed by atoms with Crippen LogP contribution in [0.2, 0.25) is 18.1 Å². The standard InChI is InChI=1S/C26H36O3Si/c1-8-28-25(27)20-12-10-19(11-13-20)22-16-14-21(24-18(2)9-15-23(22)24)17-29-30(6,7)26(3,4)5/h10-14,16,18H,8-9,15,17H2,1-7H3. The van der Waals surface area contributed by atoms with Crippen LogP contribution in [0.5, 0.6) is 0 Å². The number of benzene rings is 2. The third kappa shape index (κ3) is 4.55. The van der Waals surface area contributed by atoms with Gasteiger partial charge in [0, 0.05) is 0 Å². The van der Waals surface area contributed by atoms with E-state index in [2.05, 4.69) is 52.9 Å². The lowest BCUT2D eigenvalue weighted by Crippen LogP contribution is -2.40. The van der Waals surface area contributed by atoms with Crippen molar-refractivity contribution < 1.29 is 14.0 Å². The molecule has 3 nitrogen and oxygen atoms in total. The largest absolute Gasteiger partial charge is 0.462 e. The molecule has 0 saturated carbocycles. The average Bonchev–Trinajstić information content (AvgIpc) is 3.08. The molecule has 0 N–H and O–H groups in total. The van der Waals surface area contributed by atoms with Crippen molar-refractivity contribution in [3.63, 3.8) is 0 Å². The molecule has 1 aliphatic rings. The van der Waals surface area contributed by atoms with Crippen LogP contribution in [0.4, 0.5) is 0 Å². The molecule has 0 saturated heterocycles. The van der Waals surface area contributed by atoms with E-state index in [-0.39, 0.29) is 11.0 Å². The number of esters is 1. The maximum atomic E-state index is 12.0. The first-order valence-corrected chi connectivity index (χ1v) is 14.0. The van der Waals surface area contributed by atoms with Crippen molar-refractivity contribution in [2.24, 2.45) is 0 Å². The van der Waals surface area contributed by atoms with Gasteiger partial charge in [-0.15, -0.1) is 0 Å². The maximum absolute atomic E-state index is 12.0. The third-order valence-electron chi connectivity index (χ3n) is 6.87. The molecule has 1 unspecified atom stereocenters. The van der Waals surface area contributed by atoms with Crippen LogP contribution in [0.1, 0.15) is 74.0 Å².